The van der Waals surface area contributed by atoms with Crippen LogP contribution in [0.4, 0.5) is 4.39 Å². The van der Waals surface area contributed by atoms with Crippen LogP contribution < -0.4 is 16.0 Å². The minimum Gasteiger partial charge on any atom is -0.311 e. The van der Waals surface area contributed by atoms with Crippen LogP contribution in [0.2, 0.25) is 0 Å². The molecule has 3 aliphatic rings. The van der Waals surface area contributed by atoms with Gasteiger partial charge in [-0.1, -0.05) is 6.42 Å². The third kappa shape index (κ3) is 2.11. The molecule has 1 saturated carbocycles. The van der Waals surface area contributed by atoms with Crippen LogP contribution in [0, 0.1) is 0 Å². The summed E-state index contributed by atoms with van der Waals surface area (Å²) in [4.78, 5) is 0. The number of fused-ring (bicyclic) bond motifs is 1. The van der Waals surface area contributed by atoms with Crippen LogP contribution in [0.5, 0.6) is 0 Å². The third-order valence-corrected chi connectivity index (χ3v) is 4.32. The lowest BCUT2D eigenvalue weighted by atomic mass is 9.90. The van der Waals surface area contributed by atoms with Crippen molar-refractivity contribution in [1.29, 1.82) is 0 Å². The first-order chi connectivity index (χ1) is 7.83. The molecule has 0 aromatic rings. The highest BCUT2D eigenvalue weighted by Gasteiger charge is 2.40. The lowest BCUT2D eigenvalue weighted by Gasteiger charge is -2.29. The number of rotatable bonds is 1. The molecule has 5 unspecified atom stereocenters. The molecule has 3 nitrogen and oxygen atoms in total. The average Bonchev–Trinajstić information content (AvgIpc) is 2.73. The normalized spacial score (nSPS) is 48.9. The molecular weight excluding hydrogens is 205 g/mol. The van der Waals surface area contributed by atoms with E-state index in [1.807, 2.05) is 0 Å². The fourth-order valence-electron chi connectivity index (χ4n) is 3.41. The van der Waals surface area contributed by atoms with Crippen molar-refractivity contribution in [2.75, 3.05) is 6.54 Å². The van der Waals surface area contributed by atoms with E-state index in [4.69, 9.17) is 0 Å². The quantitative estimate of drug-likeness (QED) is 0.623. The number of piperidine rings is 1. The van der Waals surface area contributed by atoms with Crippen LogP contribution in [0.3, 0.4) is 0 Å². The molecule has 3 fully saturated rings. The molecule has 0 amide bonds. The standard InChI is InChI=1S/C12H22FN3/c13-8-4-5-9-11(7-8)16-12(15-9)10-3-1-2-6-14-10/h8-12,14-16H,1-7H2. The molecule has 4 heteroatoms. The highest BCUT2D eigenvalue weighted by atomic mass is 19.1. The van der Waals surface area contributed by atoms with Crippen LogP contribution >= 0.6 is 0 Å². The highest BCUT2D eigenvalue weighted by Crippen LogP contribution is 2.26. The number of alkyl halides is 1. The van der Waals surface area contributed by atoms with Crippen molar-refractivity contribution in [1.82, 2.24) is 16.0 Å². The van der Waals surface area contributed by atoms with Gasteiger partial charge in [-0.2, -0.15) is 0 Å². The van der Waals surface area contributed by atoms with E-state index < -0.39 is 6.17 Å². The molecule has 2 heterocycles. The van der Waals surface area contributed by atoms with Gasteiger partial charge < -0.3 is 5.32 Å². The van der Waals surface area contributed by atoms with E-state index in [1.165, 1.54) is 19.3 Å². The average molecular weight is 227 g/mol. The van der Waals surface area contributed by atoms with Gasteiger partial charge in [0.1, 0.15) is 6.17 Å². The van der Waals surface area contributed by atoms with Gasteiger partial charge in [0.25, 0.3) is 0 Å². The van der Waals surface area contributed by atoms with Crippen LogP contribution in [-0.4, -0.2) is 37.0 Å². The molecule has 3 rings (SSSR count). The first-order valence-corrected chi connectivity index (χ1v) is 6.72. The second-order valence-electron chi connectivity index (χ2n) is 5.49. The van der Waals surface area contributed by atoms with Gasteiger partial charge in [0.15, 0.2) is 0 Å². The van der Waals surface area contributed by atoms with Crippen LogP contribution in [-0.2, 0) is 0 Å². The van der Waals surface area contributed by atoms with Gasteiger partial charge in [0, 0.05) is 18.1 Å². The summed E-state index contributed by atoms with van der Waals surface area (Å²) in [6.07, 6.45) is 6.04. The first kappa shape index (κ1) is 10.9. The van der Waals surface area contributed by atoms with E-state index in [-0.39, 0.29) is 0 Å². The summed E-state index contributed by atoms with van der Waals surface area (Å²) < 4.78 is 13.3. The number of hydrogen-bond acceptors (Lipinski definition) is 3. The maximum Gasteiger partial charge on any atom is 0.102 e. The summed E-state index contributed by atoms with van der Waals surface area (Å²) >= 11 is 0. The molecule has 0 radical (unpaired) electrons. The molecule has 0 bridgehead atoms. The molecule has 2 aliphatic heterocycles. The molecule has 3 N–H and O–H groups in total. The van der Waals surface area contributed by atoms with Gasteiger partial charge in [0.05, 0.1) is 6.17 Å². The highest BCUT2D eigenvalue weighted by molar-refractivity contribution is 5.01. The Morgan fingerprint density at radius 2 is 1.75 bits per heavy atom. The summed E-state index contributed by atoms with van der Waals surface area (Å²) in [5, 5.41) is 10.8. The minimum absolute atomic E-state index is 0.359. The maximum absolute atomic E-state index is 13.3. The van der Waals surface area contributed by atoms with Gasteiger partial charge in [-0.15, -0.1) is 0 Å². The number of halogens is 1. The largest absolute Gasteiger partial charge is 0.311 e. The topological polar surface area (TPSA) is 36.1 Å². The Kier molecular flexibility index (Phi) is 3.14. The van der Waals surface area contributed by atoms with Crippen LogP contribution in [0.1, 0.15) is 38.5 Å². The van der Waals surface area contributed by atoms with Gasteiger partial charge in [-0.05, 0) is 38.6 Å². The molecule has 0 aromatic carbocycles. The van der Waals surface area contributed by atoms with Gasteiger partial charge >= 0.3 is 0 Å². The monoisotopic (exact) mass is 227 g/mol. The Morgan fingerprint density at radius 1 is 0.875 bits per heavy atom. The van der Waals surface area contributed by atoms with E-state index in [0.717, 1.165) is 19.4 Å². The molecule has 2 saturated heterocycles. The van der Waals surface area contributed by atoms with Crippen LogP contribution in [0.15, 0.2) is 0 Å². The summed E-state index contributed by atoms with van der Waals surface area (Å²) in [6.45, 7) is 1.13. The second-order valence-corrected chi connectivity index (χ2v) is 5.49. The Balaban J connectivity index is 1.59. The van der Waals surface area contributed by atoms with E-state index in [0.29, 0.717) is 30.7 Å². The van der Waals surface area contributed by atoms with Crippen molar-refractivity contribution in [3.8, 4) is 0 Å². The zero-order valence-corrected chi connectivity index (χ0v) is 9.71. The lowest BCUT2D eigenvalue weighted by Crippen LogP contribution is -2.53. The molecule has 16 heavy (non-hydrogen) atoms. The van der Waals surface area contributed by atoms with Crippen molar-refractivity contribution in [3.05, 3.63) is 0 Å². The zero-order chi connectivity index (χ0) is 11.0. The molecule has 5 atom stereocenters. The SMILES string of the molecule is FC1CCC2NC(C3CCCCN3)NC2C1. The van der Waals surface area contributed by atoms with E-state index in [2.05, 4.69) is 16.0 Å². The van der Waals surface area contributed by atoms with E-state index >= 15 is 0 Å². The van der Waals surface area contributed by atoms with Crippen molar-refractivity contribution in [2.24, 2.45) is 0 Å². The fourth-order valence-corrected chi connectivity index (χ4v) is 3.41. The Hall–Kier alpha value is -0.190. The Labute approximate surface area is 96.6 Å². The summed E-state index contributed by atoms with van der Waals surface area (Å²) in [5.41, 5.74) is 0. The molecule has 1 aliphatic carbocycles. The van der Waals surface area contributed by atoms with Crippen molar-refractivity contribution in [2.45, 2.75) is 69.0 Å². The zero-order valence-electron chi connectivity index (χ0n) is 9.71. The van der Waals surface area contributed by atoms with Gasteiger partial charge in [0.2, 0.25) is 0 Å². The molecule has 0 aromatic heterocycles. The fraction of sp³-hybridized carbons (Fsp3) is 1.00. The van der Waals surface area contributed by atoms with Gasteiger partial charge in [-0.3, -0.25) is 10.6 Å². The Morgan fingerprint density at radius 3 is 2.56 bits per heavy atom. The predicted molar refractivity (Wildman–Crippen MR) is 62.0 cm³/mol. The molecule has 92 valence electrons. The number of nitrogens with one attached hydrogen (secondary N) is 3. The third-order valence-electron chi connectivity index (χ3n) is 4.32. The van der Waals surface area contributed by atoms with Crippen molar-refractivity contribution < 1.29 is 4.39 Å². The maximum atomic E-state index is 13.3. The predicted octanol–water partition coefficient (Wildman–Crippen LogP) is 0.907. The first-order valence-electron chi connectivity index (χ1n) is 6.72. The second kappa shape index (κ2) is 4.59. The smallest absolute Gasteiger partial charge is 0.102 e. The van der Waals surface area contributed by atoms with E-state index in [9.17, 15) is 4.39 Å². The van der Waals surface area contributed by atoms with Crippen molar-refractivity contribution in [3.63, 3.8) is 0 Å². The van der Waals surface area contributed by atoms with Crippen LogP contribution in [0.25, 0.3) is 0 Å². The number of hydrogen-bond donors (Lipinski definition) is 3. The summed E-state index contributed by atoms with van der Waals surface area (Å²) in [7, 11) is 0. The van der Waals surface area contributed by atoms with Gasteiger partial charge in [-0.25, -0.2) is 4.39 Å². The Bertz CT molecular complexity index is 242. The summed E-state index contributed by atoms with van der Waals surface area (Å²) in [5.74, 6) is 0. The van der Waals surface area contributed by atoms with Crippen molar-refractivity contribution >= 4 is 0 Å². The molecular formula is C12H22FN3. The molecule has 0 spiro atoms. The summed E-state index contributed by atoms with van der Waals surface area (Å²) in [6, 6.07) is 1.40. The minimum atomic E-state index is -0.589. The van der Waals surface area contributed by atoms with E-state index in [1.54, 1.807) is 0 Å². The lowest BCUT2D eigenvalue weighted by molar-refractivity contribution is 0.211.